The van der Waals surface area contributed by atoms with Crippen molar-refractivity contribution in [3.05, 3.63) is 58.9 Å². The first-order valence-electron chi connectivity index (χ1n) is 6.59. The van der Waals surface area contributed by atoms with Gasteiger partial charge in [-0.05, 0) is 35.9 Å². The standard InChI is InChI=1S/C16H18FNO3/c1-21-14-3-5-16(20)12(7-14)9-18-8-11-2-4-15(17)13(6-11)10-19/h2-7,18-20H,8-10H2,1H3. The number of rotatable bonds is 6. The Balaban J connectivity index is 1.98. The molecule has 0 atom stereocenters. The molecule has 0 saturated carbocycles. The molecular weight excluding hydrogens is 273 g/mol. The van der Waals surface area contributed by atoms with E-state index in [-0.39, 0.29) is 17.9 Å². The van der Waals surface area contributed by atoms with Crippen molar-refractivity contribution in [1.82, 2.24) is 5.32 Å². The van der Waals surface area contributed by atoms with Crippen LogP contribution in [0.15, 0.2) is 36.4 Å². The predicted octanol–water partition coefficient (Wildman–Crippen LogP) is 2.32. The second kappa shape index (κ2) is 7.06. The second-order valence-electron chi connectivity index (χ2n) is 4.68. The summed E-state index contributed by atoms with van der Waals surface area (Å²) in [6.07, 6.45) is 0. The summed E-state index contributed by atoms with van der Waals surface area (Å²) in [7, 11) is 1.57. The van der Waals surface area contributed by atoms with Crippen molar-refractivity contribution in [2.24, 2.45) is 0 Å². The summed E-state index contributed by atoms with van der Waals surface area (Å²) in [5.74, 6) is 0.457. The molecule has 0 unspecified atom stereocenters. The number of methoxy groups -OCH3 is 1. The number of aromatic hydroxyl groups is 1. The predicted molar refractivity (Wildman–Crippen MR) is 77.5 cm³/mol. The average molecular weight is 291 g/mol. The maximum atomic E-state index is 13.3. The highest BCUT2D eigenvalue weighted by Crippen LogP contribution is 2.22. The van der Waals surface area contributed by atoms with Crippen LogP contribution in [0.1, 0.15) is 16.7 Å². The average Bonchev–Trinajstić information content (AvgIpc) is 2.50. The molecule has 0 aliphatic rings. The van der Waals surface area contributed by atoms with E-state index >= 15 is 0 Å². The van der Waals surface area contributed by atoms with E-state index in [0.717, 1.165) is 11.1 Å². The Morgan fingerprint density at radius 1 is 1.10 bits per heavy atom. The molecular formula is C16H18FNO3. The molecule has 2 aromatic carbocycles. The van der Waals surface area contributed by atoms with E-state index in [0.29, 0.717) is 18.8 Å². The Labute approximate surface area is 122 Å². The van der Waals surface area contributed by atoms with Crippen LogP contribution in [0.25, 0.3) is 0 Å². The zero-order valence-electron chi connectivity index (χ0n) is 11.8. The fraction of sp³-hybridized carbons (Fsp3) is 0.250. The summed E-state index contributed by atoms with van der Waals surface area (Å²) in [4.78, 5) is 0. The van der Waals surface area contributed by atoms with Gasteiger partial charge in [-0.15, -0.1) is 0 Å². The zero-order valence-corrected chi connectivity index (χ0v) is 11.8. The molecule has 21 heavy (non-hydrogen) atoms. The van der Waals surface area contributed by atoms with Gasteiger partial charge < -0.3 is 20.3 Å². The van der Waals surface area contributed by atoms with E-state index in [9.17, 15) is 9.50 Å². The first kappa shape index (κ1) is 15.3. The normalized spacial score (nSPS) is 10.6. The van der Waals surface area contributed by atoms with Gasteiger partial charge in [0.25, 0.3) is 0 Å². The van der Waals surface area contributed by atoms with Crippen molar-refractivity contribution in [3.8, 4) is 11.5 Å². The first-order valence-corrected chi connectivity index (χ1v) is 6.59. The maximum Gasteiger partial charge on any atom is 0.128 e. The molecule has 0 bridgehead atoms. The van der Waals surface area contributed by atoms with E-state index in [1.807, 2.05) is 0 Å². The minimum atomic E-state index is -0.410. The summed E-state index contributed by atoms with van der Waals surface area (Å²) in [5, 5.41) is 22.0. The number of hydrogen-bond donors (Lipinski definition) is 3. The largest absolute Gasteiger partial charge is 0.508 e. The number of aliphatic hydroxyl groups excluding tert-OH is 1. The van der Waals surface area contributed by atoms with Crippen molar-refractivity contribution in [2.45, 2.75) is 19.7 Å². The molecule has 0 fully saturated rings. The van der Waals surface area contributed by atoms with Gasteiger partial charge in [-0.25, -0.2) is 4.39 Å². The van der Waals surface area contributed by atoms with Crippen molar-refractivity contribution in [2.75, 3.05) is 7.11 Å². The van der Waals surface area contributed by atoms with Gasteiger partial charge in [0.2, 0.25) is 0 Å². The number of nitrogens with one attached hydrogen (secondary N) is 1. The number of ether oxygens (including phenoxy) is 1. The lowest BCUT2D eigenvalue weighted by Crippen LogP contribution is -2.13. The summed E-state index contributed by atoms with van der Waals surface area (Å²) in [6.45, 7) is 0.634. The molecule has 5 heteroatoms. The lowest BCUT2D eigenvalue weighted by molar-refractivity contribution is 0.275. The molecule has 2 rings (SSSR count). The van der Waals surface area contributed by atoms with Crippen LogP contribution in [0.5, 0.6) is 11.5 Å². The molecule has 0 radical (unpaired) electrons. The first-order chi connectivity index (χ1) is 10.1. The topological polar surface area (TPSA) is 61.7 Å². The Kier molecular flexibility index (Phi) is 5.14. The van der Waals surface area contributed by atoms with Crippen LogP contribution in [0, 0.1) is 5.82 Å². The van der Waals surface area contributed by atoms with Crippen LogP contribution in [-0.2, 0) is 19.7 Å². The smallest absolute Gasteiger partial charge is 0.128 e. The van der Waals surface area contributed by atoms with Crippen molar-refractivity contribution in [1.29, 1.82) is 0 Å². The molecule has 0 aliphatic carbocycles. The van der Waals surface area contributed by atoms with Crippen LogP contribution in [0.4, 0.5) is 4.39 Å². The molecule has 0 heterocycles. The molecule has 0 aromatic heterocycles. The number of hydrogen-bond acceptors (Lipinski definition) is 4. The van der Waals surface area contributed by atoms with Gasteiger partial charge >= 0.3 is 0 Å². The van der Waals surface area contributed by atoms with Gasteiger partial charge in [-0.3, -0.25) is 0 Å². The third-order valence-corrected chi connectivity index (χ3v) is 3.21. The van der Waals surface area contributed by atoms with Crippen LogP contribution < -0.4 is 10.1 Å². The zero-order chi connectivity index (χ0) is 15.2. The van der Waals surface area contributed by atoms with E-state index in [2.05, 4.69) is 5.32 Å². The molecule has 0 amide bonds. The van der Waals surface area contributed by atoms with E-state index < -0.39 is 5.82 Å². The number of aliphatic hydroxyl groups is 1. The summed E-state index contributed by atoms with van der Waals surface area (Å²) in [6, 6.07) is 9.64. The third-order valence-electron chi connectivity index (χ3n) is 3.21. The van der Waals surface area contributed by atoms with Gasteiger partial charge in [-0.1, -0.05) is 6.07 Å². The lowest BCUT2D eigenvalue weighted by Gasteiger charge is -2.10. The minimum absolute atomic E-state index is 0.193. The highest BCUT2D eigenvalue weighted by Gasteiger charge is 2.05. The Morgan fingerprint density at radius 3 is 2.62 bits per heavy atom. The van der Waals surface area contributed by atoms with Crippen LogP contribution in [0.2, 0.25) is 0 Å². The van der Waals surface area contributed by atoms with Crippen LogP contribution in [-0.4, -0.2) is 17.3 Å². The summed E-state index contributed by atoms with van der Waals surface area (Å²) >= 11 is 0. The number of benzene rings is 2. The Bertz CT molecular complexity index is 616. The van der Waals surface area contributed by atoms with E-state index in [1.165, 1.54) is 6.07 Å². The molecule has 2 aromatic rings. The molecule has 0 saturated heterocycles. The number of phenols is 1. The monoisotopic (exact) mass is 291 g/mol. The fourth-order valence-electron chi connectivity index (χ4n) is 2.03. The minimum Gasteiger partial charge on any atom is -0.508 e. The third kappa shape index (κ3) is 3.93. The van der Waals surface area contributed by atoms with Crippen LogP contribution in [0.3, 0.4) is 0 Å². The number of phenolic OH excluding ortho intramolecular Hbond substituents is 1. The quantitative estimate of drug-likeness (QED) is 0.764. The van der Waals surface area contributed by atoms with Crippen molar-refractivity contribution < 1.29 is 19.3 Å². The van der Waals surface area contributed by atoms with Gasteiger partial charge in [-0.2, -0.15) is 0 Å². The Morgan fingerprint density at radius 2 is 1.90 bits per heavy atom. The lowest BCUT2D eigenvalue weighted by atomic mass is 10.1. The molecule has 112 valence electrons. The molecule has 3 N–H and O–H groups in total. The van der Waals surface area contributed by atoms with Gasteiger partial charge in [0.1, 0.15) is 17.3 Å². The van der Waals surface area contributed by atoms with Gasteiger partial charge in [0.05, 0.1) is 13.7 Å². The maximum absolute atomic E-state index is 13.3. The van der Waals surface area contributed by atoms with Gasteiger partial charge in [0.15, 0.2) is 0 Å². The molecule has 0 aliphatic heterocycles. The van der Waals surface area contributed by atoms with Crippen molar-refractivity contribution >= 4 is 0 Å². The summed E-state index contributed by atoms with van der Waals surface area (Å²) < 4.78 is 18.4. The van der Waals surface area contributed by atoms with E-state index in [1.54, 1.807) is 37.4 Å². The van der Waals surface area contributed by atoms with E-state index in [4.69, 9.17) is 9.84 Å². The Hall–Kier alpha value is -2.11. The second-order valence-corrected chi connectivity index (χ2v) is 4.68. The van der Waals surface area contributed by atoms with Crippen molar-refractivity contribution in [3.63, 3.8) is 0 Å². The number of halogens is 1. The van der Waals surface area contributed by atoms with Gasteiger partial charge in [0, 0.05) is 24.2 Å². The highest BCUT2D eigenvalue weighted by molar-refractivity contribution is 5.39. The SMILES string of the molecule is COc1ccc(O)c(CNCc2ccc(F)c(CO)c2)c1. The van der Waals surface area contributed by atoms with Crippen LogP contribution >= 0.6 is 0 Å². The molecule has 0 spiro atoms. The highest BCUT2D eigenvalue weighted by atomic mass is 19.1. The summed E-state index contributed by atoms with van der Waals surface area (Å²) in [5.41, 5.74) is 1.86. The fourth-order valence-corrected chi connectivity index (χ4v) is 2.03. The molecule has 4 nitrogen and oxygen atoms in total.